The minimum atomic E-state index is -3.92. The Kier molecular flexibility index (Phi) is 10.1. The largest absolute Gasteiger partial charge is 0.350 e. The number of carbonyl (C=O) groups is 2. The first kappa shape index (κ1) is 30.5. The van der Waals surface area contributed by atoms with E-state index in [2.05, 4.69) is 21.2 Å². The summed E-state index contributed by atoms with van der Waals surface area (Å²) in [5.74, 6) is -0.781. The molecular formula is C30H36BrN3O4S. The molecule has 9 heteroatoms. The van der Waals surface area contributed by atoms with E-state index in [1.54, 1.807) is 12.1 Å². The predicted molar refractivity (Wildman–Crippen MR) is 158 cm³/mol. The lowest BCUT2D eigenvalue weighted by molar-refractivity contribution is -0.141. The highest BCUT2D eigenvalue weighted by atomic mass is 79.9. The maximum Gasteiger partial charge on any atom is 0.243 e. The number of aryl methyl sites for hydroxylation is 1. The zero-order chi connectivity index (χ0) is 28.8. The zero-order valence-electron chi connectivity index (χ0n) is 23.0. The fourth-order valence-electron chi connectivity index (χ4n) is 4.10. The van der Waals surface area contributed by atoms with E-state index in [9.17, 15) is 18.0 Å². The van der Waals surface area contributed by atoms with Gasteiger partial charge in [-0.3, -0.25) is 9.59 Å². The van der Waals surface area contributed by atoms with Gasteiger partial charge in [0.1, 0.15) is 6.04 Å². The Labute approximate surface area is 240 Å². The van der Waals surface area contributed by atoms with Gasteiger partial charge in [-0.1, -0.05) is 76.1 Å². The van der Waals surface area contributed by atoms with Crippen LogP contribution in [0.1, 0.15) is 37.5 Å². The number of halogens is 1. The highest BCUT2D eigenvalue weighted by molar-refractivity contribution is 9.10. The molecule has 0 aliphatic rings. The molecule has 208 valence electrons. The third-order valence-corrected chi connectivity index (χ3v) is 8.41. The molecule has 0 aliphatic heterocycles. The second kappa shape index (κ2) is 12.9. The van der Waals surface area contributed by atoms with Crippen molar-refractivity contribution >= 4 is 37.8 Å². The van der Waals surface area contributed by atoms with Crippen molar-refractivity contribution in [1.29, 1.82) is 0 Å². The monoisotopic (exact) mass is 613 g/mol. The summed E-state index contributed by atoms with van der Waals surface area (Å²) < 4.78 is 28.4. The van der Waals surface area contributed by atoms with Crippen LogP contribution >= 0.6 is 15.9 Å². The second-order valence-corrected chi connectivity index (χ2v) is 13.6. The molecule has 0 saturated carbocycles. The topological polar surface area (TPSA) is 86.8 Å². The SMILES string of the molecule is Cc1ccc(S(=O)(=O)N(C)CC(=O)N(Cc2cccc(Br)c2)C(Cc2ccccc2)C(=O)NC(C)(C)C)cc1. The van der Waals surface area contributed by atoms with Crippen molar-refractivity contribution < 1.29 is 18.0 Å². The first-order valence-corrected chi connectivity index (χ1v) is 14.9. The third kappa shape index (κ3) is 8.74. The van der Waals surface area contributed by atoms with Gasteiger partial charge in [-0.05, 0) is 63.1 Å². The molecule has 7 nitrogen and oxygen atoms in total. The van der Waals surface area contributed by atoms with Crippen LogP contribution in [0.15, 0.2) is 88.2 Å². The summed E-state index contributed by atoms with van der Waals surface area (Å²) in [6.07, 6.45) is 0.275. The van der Waals surface area contributed by atoms with Gasteiger partial charge in [0, 0.05) is 30.0 Å². The number of hydrogen-bond donors (Lipinski definition) is 1. The number of likely N-dealkylation sites (N-methyl/N-ethyl adjacent to an activating group) is 1. The fraction of sp³-hybridized carbons (Fsp3) is 0.333. The highest BCUT2D eigenvalue weighted by Crippen LogP contribution is 2.20. The highest BCUT2D eigenvalue weighted by Gasteiger charge is 2.34. The molecule has 2 amide bonds. The number of sulfonamides is 1. The minimum Gasteiger partial charge on any atom is -0.350 e. The van der Waals surface area contributed by atoms with Crippen molar-refractivity contribution in [3.63, 3.8) is 0 Å². The first-order valence-electron chi connectivity index (χ1n) is 12.7. The summed E-state index contributed by atoms with van der Waals surface area (Å²) in [6.45, 7) is 7.23. The molecule has 0 radical (unpaired) electrons. The summed E-state index contributed by atoms with van der Waals surface area (Å²) >= 11 is 3.48. The summed E-state index contributed by atoms with van der Waals surface area (Å²) in [6, 6.07) is 22.6. The lowest BCUT2D eigenvalue weighted by Crippen LogP contribution is -2.56. The fourth-order valence-corrected chi connectivity index (χ4v) is 5.66. The molecule has 0 aliphatic carbocycles. The Morgan fingerprint density at radius 1 is 0.923 bits per heavy atom. The number of carbonyl (C=O) groups excluding carboxylic acids is 2. The van der Waals surface area contributed by atoms with Gasteiger partial charge in [0.15, 0.2) is 0 Å². The molecular weight excluding hydrogens is 578 g/mol. The van der Waals surface area contributed by atoms with Crippen molar-refractivity contribution in [2.24, 2.45) is 0 Å². The van der Waals surface area contributed by atoms with Crippen LogP contribution in [0, 0.1) is 6.92 Å². The van der Waals surface area contributed by atoms with E-state index < -0.39 is 34.1 Å². The normalized spacial score (nSPS) is 12.7. The molecule has 0 heterocycles. The number of benzene rings is 3. The Morgan fingerprint density at radius 2 is 1.54 bits per heavy atom. The first-order chi connectivity index (χ1) is 18.3. The maximum absolute atomic E-state index is 13.9. The van der Waals surface area contributed by atoms with Gasteiger partial charge in [0.2, 0.25) is 21.8 Å². The van der Waals surface area contributed by atoms with E-state index in [0.29, 0.717) is 0 Å². The van der Waals surface area contributed by atoms with Gasteiger partial charge in [-0.15, -0.1) is 0 Å². The van der Waals surface area contributed by atoms with Crippen LogP contribution in [0.3, 0.4) is 0 Å². The maximum atomic E-state index is 13.9. The van der Waals surface area contributed by atoms with E-state index in [0.717, 1.165) is 25.5 Å². The molecule has 39 heavy (non-hydrogen) atoms. The van der Waals surface area contributed by atoms with Gasteiger partial charge >= 0.3 is 0 Å². The van der Waals surface area contributed by atoms with Crippen LogP contribution < -0.4 is 5.32 Å². The molecule has 1 N–H and O–H groups in total. The van der Waals surface area contributed by atoms with E-state index in [4.69, 9.17) is 0 Å². The Hall–Kier alpha value is -3.01. The molecule has 3 aromatic carbocycles. The Bertz CT molecular complexity index is 1390. The zero-order valence-corrected chi connectivity index (χ0v) is 25.4. The number of amides is 2. The van der Waals surface area contributed by atoms with Crippen molar-refractivity contribution in [3.8, 4) is 0 Å². The number of rotatable bonds is 10. The molecule has 3 aromatic rings. The summed E-state index contributed by atoms with van der Waals surface area (Å²) in [4.78, 5) is 29.1. The van der Waals surface area contributed by atoms with Crippen LogP contribution in [0.4, 0.5) is 0 Å². The van der Waals surface area contributed by atoms with E-state index in [1.807, 2.05) is 82.3 Å². The standard InChI is InChI=1S/C30H36BrN3O4S/c1-22-14-16-26(17-15-22)39(37,38)33(5)21-28(35)34(20-24-12-9-13-25(31)18-24)27(29(36)32-30(2,3)4)19-23-10-7-6-8-11-23/h6-18,27H,19-21H2,1-5H3,(H,32,36). The van der Waals surface area contributed by atoms with Crippen LogP contribution in [0.2, 0.25) is 0 Å². The average Bonchev–Trinajstić information content (AvgIpc) is 2.86. The van der Waals surface area contributed by atoms with Crippen molar-refractivity contribution in [3.05, 3.63) is 100 Å². The lowest BCUT2D eigenvalue weighted by Gasteiger charge is -2.34. The molecule has 0 saturated heterocycles. The summed E-state index contributed by atoms with van der Waals surface area (Å²) in [7, 11) is -2.54. The van der Waals surface area contributed by atoms with Gasteiger partial charge in [-0.2, -0.15) is 4.31 Å². The smallest absolute Gasteiger partial charge is 0.243 e. The number of hydrogen-bond acceptors (Lipinski definition) is 4. The number of nitrogens with one attached hydrogen (secondary N) is 1. The molecule has 1 atom stereocenters. The molecule has 3 rings (SSSR count). The Balaban J connectivity index is 1.99. The van der Waals surface area contributed by atoms with Crippen molar-refractivity contribution in [2.75, 3.05) is 13.6 Å². The van der Waals surface area contributed by atoms with Gasteiger partial charge in [0.25, 0.3) is 0 Å². The van der Waals surface area contributed by atoms with E-state index in [-0.39, 0.29) is 23.8 Å². The van der Waals surface area contributed by atoms with Gasteiger partial charge in [-0.25, -0.2) is 8.42 Å². The van der Waals surface area contributed by atoms with Gasteiger partial charge < -0.3 is 10.2 Å². The molecule has 0 spiro atoms. The predicted octanol–water partition coefficient (Wildman–Crippen LogP) is 4.93. The molecule has 1 unspecified atom stereocenters. The molecule has 0 bridgehead atoms. The van der Waals surface area contributed by atoms with Crippen LogP contribution in [0.25, 0.3) is 0 Å². The van der Waals surface area contributed by atoms with Crippen LogP contribution in [0.5, 0.6) is 0 Å². The quantitative estimate of drug-likeness (QED) is 0.351. The summed E-state index contributed by atoms with van der Waals surface area (Å²) in [5, 5.41) is 3.01. The Morgan fingerprint density at radius 3 is 2.13 bits per heavy atom. The van der Waals surface area contributed by atoms with Gasteiger partial charge in [0.05, 0.1) is 11.4 Å². The van der Waals surface area contributed by atoms with E-state index in [1.165, 1.54) is 24.1 Å². The lowest BCUT2D eigenvalue weighted by atomic mass is 10.0. The minimum absolute atomic E-state index is 0.105. The van der Waals surface area contributed by atoms with Crippen molar-refractivity contribution in [1.82, 2.24) is 14.5 Å². The molecule has 0 fully saturated rings. The van der Waals surface area contributed by atoms with Crippen molar-refractivity contribution in [2.45, 2.75) is 57.1 Å². The van der Waals surface area contributed by atoms with Crippen LogP contribution in [-0.2, 0) is 32.6 Å². The third-order valence-electron chi connectivity index (χ3n) is 6.10. The van der Waals surface area contributed by atoms with E-state index >= 15 is 0 Å². The average molecular weight is 615 g/mol. The molecule has 0 aromatic heterocycles. The number of nitrogens with zero attached hydrogens (tertiary/aromatic N) is 2. The van der Waals surface area contributed by atoms with Crippen LogP contribution in [-0.4, -0.2) is 54.6 Å². The summed E-state index contributed by atoms with van der Waals surface area (Å²) in [5.41, 5.74) is 2.10. The second-order valence-electron chi connectivity index (χ2n) is 10.7.